The Bertz CT molecular complexity index is 300. The second-order valence-electron chi connectivity index (χ2n) is 4.48. The molecule has 3 aliphatic rings. The Hall–Kier alpha value is -0.850. The van der Waals surface area contributed by atoms with Gasteiger partial charge in [0.05, 0.1) is 0 Å². The molecule has 0 saturated heterocycles. The van der Waals surface area contributed by atoms with Crippen molar-refractivity contribution < 1.29 is 4.79 Å². The highest BCUT2D eigenvalue weighted by Gasteiger charge is 2.42. The maximum absolute atomic E-state index is 11.5. The minimum atomic E-state index is 0.268. The molecule has 0 N–H and O–H groups in total. The molecule has 1 nitrogen and oxygen atoms in total. The fourth-order valence-corrected chi connectivity index (χ4v) is 3.20. The van der Waals surface area contributed by atoms with Gasteiger partial charge in [-0.25, -0.2) is 0 Å². The Morgan fingerprint density at radius 3 is 3.08 bits per heavy atom. The van der Waals surface area contributed by atoms with Crippen molar-refractivity contribution in [2.24, 2.45) is 23.7 Å². The van der Waals surface area contributed by atoms with Crippen LogP contribution in [0.15, 0.2) is 24.3 Å². The van der Waals surface area contributed by atoms with Crippen LogP contribution in [0.2, 0.25) is 0 Å². The Balaban J connectivity index is 1.97. The van der Waals surface area contributed by atoms with Gasteiger partial charge in [0.2, 0.25) is 0 Å². The lowest BCUT2D eigenvalue weighted by Gasteiger charge is -2.30. The van der Waals surface area contributed by atoms with E-state index in [1.165, 1.54) is 6.42 Å². The highest BCUT2D eigenvalue weighted by molar-refractivity contribution is 5.85. The van der Waals surface area contributed by atoms with E-state index in [0.29, 0.717) is 23.5 Å². The predicted octanol–water partition coefficient (Wildman–Crippen LogP) is 2.34. The molecule has 1 saturated carbocycles. The Morgan fingerprint density at radius 2 is 2.15 bits per heavy atom. The number of carbonyl (C=O) groups is 1. The van der Waals surface area contributed by atoms with Gasteiger partial charge in [-0.2, -0.15) is 0 Å². The summed E-state index contributed by atoms with van der Waals surface area (Å²) in [5.74, 6) is 2.78. The Labute approximate surface area is 78.5 Å². The molecule has 1 heteroatoms. The van der Waals surface area contributed by atoms with Crippen LogP contribution in [-0.4, -0.2) is 5.78 Å². The molecule has 0 heterocycles. The topological polar surface area (TPSA) is 17.1 Å². The zero-order chi connectivity index (χ0) is 8.84. The number of fused-ring (bicyclic) bond motifs is 3. The number of hydrogen-bond acceptors (Lipinski definition) is 1. The molecule has 4 atom stereocenters. The average Bonchev–Trinajstić information content (AvgIpc) is 2.70. The summed E-state index contributed by atoms with van der Waals surface area (Å²) < 4.78 is 0. The second kappa shape index (κ2) is 2.57. The van der Waals surface area contributed by atoms with E-state index in [4.69, 9.17) is 0 Å². The molecule has 0 spiro atoms. The van der Waals surface area contributed by atoms with Gasteiger partial charge < -0.3 is 0 Å². The molecule has 3 rings (SSSR count). The van der Waals surface area contributed by atoms with E-state index in [1.807, 2.05) is 0 Å². The molecular formula is C12H14O. The van der Waals surface area contributed by atoms with E-state index in [0.717, 1.165) is 12.8 Å². The maximum Gasteiger partial charge on any atom is 0.140 e. The fraction of sp³-hybridized carbons (Fsp3) is 0.583. The number of carbonyl (C=O) groups excluding carboxylic acids is 1. The third-order valence-corrected chi connectivity index (χ3v) is 3.88. The molecule has 0 aliphatic heterocycles. The standard InChI is InChI=1S/C12H14O/c13-12-7-6-10-9-3-1-2-8(9)4-5-11(10)12/h1,3-5,8-11H,2,6-7H2/t8-,9-,10+,11+/m0/s1. The van der Waals surface area contributed by atoms with E-state index in [1.54, 1.807) is 0 Å². The van der Waals surface area contributed by atoms with Crippen LogP contribution < -0.4 is 0 Å². The number of ketones is 1. The van der Waals surface area contributed by atoms with Gasteiger partial charge in [-0.1, -0.05) is 24.3 Å². The van der Waals surface area contributed by atoms with Gasteiger partial charge in [0.25, 0.3) is 0 Å². The predicted molar refractivity (Wildman–Crippen MR) is 51.1 cm³/mol. The molecule has 0 aromatic heterocycles. The minimum Gasteiger partial charge on any atom is -0.299 e. The molecule has 0 aromatic rings. The highest BCUT2D eigenvalue weighted by Crippen LogP contribution is 2.46. The first kappa shape index (κ1) is 7.54. The summed E-state index contributed by atoms with van der Waals surface area (Å²) in [6, 6.07) is 0. The summed E-state index contributed by atoms with van der Waals surface area (Å²) in [6.45, 7) is 0. The minimum absolute atomic E-state index is 0.268. The Kier molecular flexibility index (Phi) is 1.49. The Morgan fingerprint density at radius 1 is 1.23 bits per heavy atom. The van der Waals surface area contributed by atoms with Gasteiger partial charge in [0.15, 0.2) is 0 Å². The van der Waals surface area contributed by atoms with E-state index in [9.17, 15) is 4.79 Å². The van der Waals surface area contributed by atoms with Crippen molar-refractivity contribution in [3.63, 3.8) is 0 Å². The first-order chi connectivity index (χ1) is 6.36. The van der Waals surface area contributed by atoms with Crippen LogP contribution in [0.4, 0.5) is 0 Å². The smallest absolute Gasteiger partial charge is 0.140 e. The summed E-state index contributed by atoms with van der Waals surface area (Å²) in [4.78, 5) is 11.5. The first-order valence-corrected chi connectivity index (χ1v) is 5.24. The first-order valence-electron chi connectivity index (χ1n) is 5.24. The summed E-state index contributed by atoms with van der Waals surface area (Å²) in [7, 11) is 0. The van der Waals surface area contributed by atoms with E-state index in [2.05, 4.69) is 24.3 Å². The van der Waals surface area contributed by atoms with Gasteiger partial charge >= 0.3 is 0 Å². The molecule has 0 aromatic carbocycles. The van der Waals surface area contributed by atoms with Crippen LogP contribution >= 0.6 is 0 Å². The molecule has 0 unspecified atom stereocenters. The lowest BCUT2D eigenvalue weighted by Crippen LogP contribution is -2.26. The molecule has 0 amide bonds. The maximum atomic E-state index is 11.5. The third-order valence-electron chi connectivity index (χ3n) is 3.88. The molecule has 0 bridgehead atoms. The van der Waals surface area contributed by atoms with Gasteiger partial charge in [-0.05, 0) is 30.6 Å². The van der Waals surface area contributed by atoms with Crippen molar-refractivity contribution in [1.29, 1.82) is 0 Å². The summed E-state index contributed by atoms with van der Waals surface area (Å²) >= 11 is 0. The number of Topliss-reactive ketones (excluding diaryl/α,β-unsaturated/α-hetero) is 1. The molecule has 0 radical (unpaired) electrons. The molecule has 3 aliphatic carbocycles. The molecule has 68 valence electrons. The van der Waals surface area contributed by atoms with E-state index >= 15 is 0 Å². The highest BCUT2D eigenvalue weighted by atomic mass is 16.1. The summed E-state index contributed by atoms with van der Waals surface area (Å²) in [6.07, 6.45) is 12.2. The molecule has 1 fully saturated rings. The average molecular weight is 174 g/mol. The monoisotopic (exact) mass is 174 g/mol. The van der Waals surface area contributed by atoms with Crippen LogP contribution in [-0.2, 0) is 4.79 Å². The largest absolute Gasteiger partial charge is 0.299 e. The van der Waals surface area contributed by atoms with Crippen molar-refractivity contribution in [3.8, 4) is 0 Å². The fourth-order valence-electron chi connectivity index (χ4n) is 3.20. The van der Waals surface area contributed by atoms with Crippen LogP contribution in [0, 0.1) is 23.7 Å². The van der Waals surface area contributed by atoms with Crippen LogP contribution in [0.1, 0.15) is 19.3 Å². The van der Waals surface area contributed by atoms with Crippen LogP contribution in [0.25, 0.3) is 0 Å². The van der Waals surface area contributed by atoms with Crippen molar-refractivity contribution in [2.45, 2.75) is 19.3 Å². The van der Waals surface area contributed by atoms with Crippen molar-refractivity contribution in [3.05, 3.63) is 24.3 Å². The van der Waals surface area contributed by atoms with Crippen LogP contribution in [0.5, 0.6) is 0 Å². The molecular weight excluding hydrogens is 160 g/mol. The zero-order valence-corrected chi connectivity index (χ0v) is 7.65. The number of allylic oxidation sites excluding steroid dienone is 4. The van der Waals surface area contributed by atoms with Crippen molar-refractivity contribution >= 4 is 5.78 Å². The lowest BCUT2D eigenvalue weighted by molar-refractivity contribution is -0.120. The van der Waals surface area contributed by atoms with Crippen molar-refractivity contribution in [1.82, 2.24) is 0 Å². The van der Waals surface area contributed by atoms with Gasteiger partial charge in [0.1, 0.15) is 5.78 Å². The second-order valence-corrected chi connectivity index (χ2v) is 4.48. The summed E-state index contributed by atoms with van der Waals surface area (Å²) in [5.41, 5.74) is 0. The third kappa shape index (κ3) is 0.962. The lowest BCUT2D eigenvalue weighted by atomic mass is 9.73. The van der Waals surface area contributed by atoms with Gasteiger partial charge in [-0.3, -0.25) is 4.79 Å². The van der Waals surface area contributed by atoms with E-state index in [-0.39, 0.29) is 5.92 Å². The number of hydrogen-bond donors (Lipinski definition) is 0. The van der Waals surface area contributed by atoms with E-state index < -0.39 is 0 Å². The van der Waals surface area contributed by atoms with Gasteiger partial charge in [-0.15, -0.1) is 0 Å². The summed E-state index contributed by atoms with van der Waals surface area (Å²) in [5, 5.41) is 0. The SMILES string of the molecule is O=C1CC[C@@H]2[C@H]3C=CC[C@H]3C=C[C@@H]12. The van der Waals surface area contributed by atoms with Crippen LogP contribution in [0.3, 0.4) is 0 Å². The van der Waals surface area contributed by atoms with Crippen molar-refractivity contribution in [2.75, 3.05) is 0 Å². The normalized spacial score (nSPS) is 46.6. The zero-order valence-electron chi connectivity index (χ0n) is 7.65. The quantitative estimate of drug-likeness (QED) is 0.515. The number of rotatable bonds is 0. The van der Waals surface area contributed by atoms with Gasteiger partial charge in [0, 0.05) is 12.3 Å². The molecule has 13 heavy (non-hydrogen) atoms.